The minimum Gasteiger partial charge on any atom is -0.544 e. The van der Waals surface area contributed by atoms with Crippen LogP contribution >= 0.6 is 0 Å². The van der Waals surface area contributed by atoms with E-state index in [2.05, 4.69) is 4.98 Å². The molecule has 0 radical (unpaired) electrons. The monoisotopic (exact) mass is 352 g/mol. The maximum Gasteiger partial charge on any atom is 0.160 e. The molecule has 134 valence electrons. The number of phenols is 1. The summed E-state index contributed by atoms with van der Waals surface area (Å²) >= 11 is 0. The van der Waals surface area contributed by atoms with Crippen molar-refractivity contribution in [2.75, 3.05) is 6.61 Å². The summed E-state index contributed by atoms with van der Waals surface area (Å²) in [7, 11) is 0. The molecule has 1 aromatic heterocycles. The van der Waals surface area contributed by atoms with E-state index in [-0.39, 0.29) is 11.8 Å². The van der Waals surface area contributed by atoms with E-state index in [0.29, 0.717) is 18.8 Å². The lowest BCUT2D eigenvalue weighted by molar-refractivity contribution is -0.717. The van der Waals surface area contributed by atoms with Crippen LogP contribution in [-0.2, 0) is 11.2 Å². The van der Waals surface area contributed by atoms with Crippen molar-refractivity contribution in [1.29, 1.82) is 0 Å². The molecule has 2 aromatic carbocycles. The van der Waals surface area contributed by atoms with Gasteiger partial charge < -0.3 is 30.0 Å². The van der Waals surface area contributed by atoms with Gasteiger partial charge in [-0.05, 0) is 36.8 Å². The Morgan fingerprint density at radius 3 is 2.88 bits per heavy atom. The Kier molecular flexibility index (Phi) is 4.05. The third-order valence-corrected chi connectivity index (χ3v) is 4.95. The van der Waals surface area contributed by atoms with Gasteiger partial charge in [0, 0.05) is 22.9 Å². The summed E-state index contributed by atoms with van der Waals surface area (Å²) in [5.41, 5.74) is 3.75. The minimum absolute atomic E-state index is 0.0472. The number of carboxylic acid groups (broad SMARTS) is 1. The first-order chi connectivity index (χ1) is 12.6. The van der Waals surface area contributed by atoms with E-state index in [0.717, 1.165) is 27.7 Å². The van der Waals surface area contributed by atoms with Crippen molar-refractivity contribution in [3.63, 3.8) is 0 Å². The van der Waals surface area contributed by atoms with Gasteiger partial charge in [-0.15, -0.1) is 0 Å². The number of quaternary nitrogens is 1. The topological polar surface area (TPSA) is 102 Å². The van der Waals surface area contributed by atoms with Crippen LogP contribution in [-0.4, -0.2) is 28.7 Å². The molecular formula is C20H20N2O4. The van der Waals surface area contributed by atoms with Crippen LogP contribution in [0.25, 0.3) is 10.9 Å². The smallest absolute Gasteiger partial charge is 0.160 e. The summed E-state index contributed by atoms with van der Waals surface area (Å²) < 4.78 is 5.38. The summed E-state index contributed by atoms with van der Waals surface area (Å²) in [5, 5.41) is 24.6. The van der Waals surface area contributed by atoms with Gasteiger partial charge in [0.15, 0.2) is 17.5 Å². The predicted octanol–water partition coefficient (Wildman–Crippen LogP) is 0.600. The number of ether oxygens (including phenoxy) is 1. The highest BCUT2D eigenvalue weighted by molar-refractivity contribution is 5.86. The Morgan fingerprint density at radius 2 is 2.15 bits per heavy atom. The second-order valence-electron chi connectivity index (χ2n) is 6.52. The molecule has 1 aliphatic rings. The molecule has 0 saturated heterocycles. The van der Waals surface area contributed by atoms with Gasteiger partial charge in [-0.25, -0.2) is 0 Å². The van der Waals surface area contributed by atoms with Crippen LogP contribution in [0.4, 0.5) is 0 Å². The molecule has 3 aromatic rings. The zero-order valence-corrected chi connectivity index (χ0v) is 14.4. The first-order valence-corrected chi connectivity index (χ1v) is 8.69. The zero-order chi connectivity index (χ0) is 18.3. The third-order valence-electron chi connectivity index (χ3n) is 4.95. The molecule has 0 spiro atoms. The minimum atomic E-state index is -1.08. The summed E-state index contributed by atoms with van der Waals surface area (Å²) in [4.78, 5) is 15.0. The first kappa shape index (κ1) is 16.5. The molecule has 4 N–H and O–H groups in total. The lowest BCUT2D eigenvalue weighted by Crippen LogP contribution is -2.95. The number of para-hydroxylation sites is 1. The number of phenolic OH excluding ortho intramolecular Hbond substituents is 1. The van der Waals surface area contributed by atoms with Crippen molar-refractivity contribution < 1.29 is 25.1 Å². The van der Waals surface area contributed by atoms with Crippen molar-refractivity contribution in [2.45, 2.75) is 25.4 Å². The number of fused-ring (bicyclic) bond motifs is 3. The van der Waals surface area contributed by atoms with Gasteiger partial charge in [0.25, 0.3) is 0 Å². The van der Waals surface area contributed by atoms with Gasteiger partial charge >= 0.3 is 0 Å². The number of benzene rings is 2. The maximum absolute atomic E-state index is 11.6. The van der Waals surface area contributed by atoms with Gasteiger partial charge in [-0.1, -0.05) is 18.2 Å². The van der Waals surface area contributed by atoms with Crippen LogP contribution in [0.3, 0.4) is 0 Å². The zero-order valence-electron chi connectivity index (χ0n) is 14.4. The number of carbonyl (C=O) groups excluding carboxylic acids is 1. The molecule has 0 unspecified atom stereocenters. The van der Waals surface area contributed by atoms with E-state index in [1.807, 2.05) is 37.3 Å². The molecule has 0 fully saturated rings. The van der Waals surface area contributed by atoms with Gasteiger partial charge in [0.2, 0.25) is 0 Å². The number of H-pyrrole nitrogens is 1. The second-order valence-corrected chi connectivity index (χ2v) is 6.52. The number of carboxylic acids is 1. The molecule has 2 heterocycles. The highest BCUT2D eigenvalue weighted by atomic mass is 16.5. The SMILES string of the molecule is CCOc1ccc([C@H]2[NH2+][C@H](C(=O)[O-])Cc3c2[nH]c2ccccc32)cc1O. The van der Waals surface area contributed by atoms with E-state index in [9.17, 15) is 15.0 Å². The predicted molar refractivity (Wildman–Crippen MR) is 93.8 cm³/mol. The number of rotatable bonds is 4. The number of aliphatic carboxylic acids is 1. The maximum atomic E-state index is 11.6. The van der Waals surface area contributed by atoms with Crippen LogP contribution in [0.15, 0.2) is 42.5 Å². The molecule has 0 bridgehead atoms. The Morgan fingerprint density at radius 1 is 1.35 bits per heavy atom. The van der Waals surface area contributed by atoms with Crippen molar-refractivity contribution >= 4 is 16.9 Å². The fourth-order valence-corrected chi connectivity index (χ4v) is 3.77. The summed E-state index contributed by atoms with van der Waals surface area (Å²) in [5.74, 6) is -0.618. The largest absolute Gasteiger partial charge is 0.544 e. The van der Waals surface area contributed by atoms with Crippen LogP contribution in [0.5, 0.6) is 11.5 Å². The normalized spacial score (nSPS) is 19.3. The highest BCUT2D eigenvalue weighted by Crippen LogP contribution is 2.35. The van der Waals surface area contributed by atoms with Crippen molar-refractivity contribution in [1.82, 2.24) is 4.98 Å². The second kappa shape index (κ2) is 6.38. The molecule has 0 aliphatic carbocycles. The average Bonchev–Trinajstić information content (AvgIpc) is 3.01. The Labute approximate surface area is 150 Å². The molecule has 4 rings (SSSR count). The van der Waals surface area contributed by atoms with Crippen LogP contribution < -0.4 is 15.2 Å². The number of carbonyl (C=O) groups is 1. The molecule has 0 amide bonds. The van der Waals surface area contributed by atoms with E-state index < -0.39 is 12.0 Å². The fourth-order valence-electron chi connectivity index (χ4n) is 3.77. The summed E-state index contributed by atoms with van der Waals surface area (Å²) in [6.07, 6.45) is 0.404. The lowest BCUT2D eigenvalue weighted by Gasteiger charge is -2.29. The van der Waals surface area contributed by atoms with Crippen molar-refractivity contribution in [3.05, 3.63) is 59.3 Å². The summed E-state index contributed by atoms with van der Waals surface area (Å²) in [6, 6.07) is 12.1. The number of nitrogens with one attached hydrogen (secondary N) is 1. The summed E-state index contributed by atoms with van der Waals surface area (Å²) in [6.45, 7) is 2.31. The fraction of sp³-hybridized carbons (Fsp3) is 0.250. The van der Waals surface area contributed by atoms with E-state index in [4.69, 9.17) is 4.74 Å². The number of aromatic hydroxyl groups is 1. The standard InChI is InChI=1S/C20H20N2O4/c1-2-26-17-8-7-11(9-16(17)23)18-19-13(10-15(22-18)20(24)25)12-5-3-4-6-14(12)21-19/h3-9,15,18,21-23H,2,10H2,1H3,(H,24,25)/t15-,18+/m0/s1. The van der Waals surface area contributed by atoms with E-state index in [1.54, 1.807) is 17.4 Å². The Bertz CT molecular complexity index is 979. The number of aromatic amines is 1. The van der Waals surface area contributed by atoms with Crippen LogP contribution in [0.2, 0.25) is 0 Å². The number of nitrogens with two attached hydrogens (primary N) is 1. The Hall–Kier alpha value is -2.99. The molecule has 0 saturated carbocycles. The molecule has 6 nitrogen and oxygen atoms in total. The lowest BCUT2D eigenvalue weighted by atomic mass is 9.90. The van der Waals surface area contributed by atoms with Gasteiger partial charge in [0.05, 0.1) is 18.3 Å². The van der Waals surface area contributed by atoms with Crippen LogP contribution in [0.1, 0.15) is 29.8 Å². The molecule has 2 atom stereocenters. The quantitative estimate of drug-likeness (QED) is 0.640. The molecule has 26 heavy (non-hydrogen) atoms. The van der Waals surface area contributed by atoms with E-state index in [1.165, 1.54) is 0 Å². The van der Waals surface area contributed by atoms with Gasteiger partial charge in [-0.3, -0.25) is 0 Å². The van der Waals surface area contributed by atoms with Crippen LogP contribution in [0, 0.1) is 0 Å². The number of hydrogen-bond acceptors (Lipinski definition) is 4. The van der Waals surface area contributed by atoms with Crippen molar-refractivity contribution in [3.8, 4) is 11.5 Å². The number of aromatic nitrogens is 1. The first-order valence-electron chi connectivity index (χ1n) is 8.69. The number of hydrogen-bond donors (Lipinski definition) is 3. The van der Waals surface area contributed by atoms with Gasteiger partial charge in [-0.2, -0.15) is 0 Å². The molecular weight excluding hydrogens is 332 g/mol. The molecule has 6 heteroatoms. The van der Waals surface area contributed by atoms with Crippen molar-refractivity contribution in [2.24, 2.45) is 0 Å². The van der Waals surface area contributed by atoms with E-state index >= 15 is 0 Å². The Balaban J connectivity index is 1.83. The third kappa shape index (κ3) is 2.68. The highest BCUT2D eigenvalue weighted by Gasteiger charge is 2.35. The van der Waals surface area contributed by atoms with Gasteiger partial charge in [0.1, 0.15) is 6.04 Å². The average molecular weight is 352 g/mol. The molecule has 1 aliphatic heterocycles.